The Kier molecular flexibility index (Phi) is 4.48. The number of hydrogen-bond donors (Lipinski definition) is 1. The topological polar surface area (TPSA) is 29.1 Å². The molecule has 0 bridgehead atoms. The number of aryl methyl sites for hydroxylation is 1. The van der Waals surface area contributed by atoms with Gasteiger partial charge in [-0.05, 0) is 39.3 Å². The van der Waals surface area contributed by atoms with Crippen LogP contribution in [0.3, 0.4) is 0 Å². The Balaban J connectivity index is 2.60. The van der Waals surface area contributed by atoms with Crippen molar-refractivity contribution < 1.29 is 4.79 Å². The highest BCUT2D eigenvalue weighted by atomic mass is 32.1. The minimum Gasteiger partial charge on any atom is -0.305 e. The molecule has 0 radical (unpaired) electrons. The van der Waals surface area contributed by atoms with Gasteiger partial charge in [0.25, 0.3) is 0 Å². The predicted octanol–water partition coefficient (Wildman–Crippen LogP) is 3.02. The number of carbonyl (C=O) groups is 1. The molecule has 0 aliphatic carbocycles. The SMILES string of the molecule is CCC(C)NC(C)C(=O)c1ccc(C)s1. The molecule has 0 saturated heterocycles. The molecule has 0 saturated carbocycles. The van der Waals surface area contributed by atoms with Gasteiger partial charge in [0, 0.05) is 10.9 Å². The molecule has 0 aromatic carbocycles. The van der Waals surface area contributed by atoms with E-state index >= 15 is 0 Å². The number of carbonyl (C=O) groups excluding carboxylic acids is 1. The molecular formula is C12H19NOS. The van der Waals surface area contributed by atoms with Crippen molar-refractivity contribution >= 4 is 17.1 Å². The van der Waals surface area contributed by atoms with Gasteiger partial charge < -0.3 is 5.32 Å². The third kappa shape index (κ3) is 3.43. The predicted molar refractivity (Wildman–Crippen MR) is 65.7 cm³/mol. The smallest absolute Gasteiger partial charge is 0.189 e. The minimum absolute atomic E-state index is 0.0852. The van der Waals surface area contributed by atoms with E-state index in [0.717, 1.165) is 11.3 Å². The summed E-state index contributed by atoms with van der Waals surface area (Å²) in [5.74, 6) is 0.202. The molecule has 0 aliphatic heterocycles. The van der Waals surface area contributed by atoms with Crippen LogP contribution in [-0.2, 0) is 0 Å². The summed E-state index contributed by atoms with van der Waals surface area (Å²) in [6.45, 7) is 8.17. The maximum atomic E-state index is 12.0. The van der Waals surface area contributed by atoms with E-state index in [1.165, 1.54) is 4.88 Å². The molecule has 1 N–H and O–H groups in total. The highest BCUT2D eigenvalue weighted by Crippen LogP contribution is 2.17. The van der Waals surface area contributed by atoms with Crippen LogP contribution in [0.5, 0.6) is 0 Å². The quantitative estimate of drug-likeness (QED) is 0.780. The molecule has 1 heterocycles. The van der Waals surface area contributed by atoms with Crippen molar-refractivity contribution in [2.24, 2.45) is 0 Å². The standard InChI is InChI=1S/C12H19NOS/c1-5-8(2)13-10(4)12(14)11-7-6-9(3)15-11/h6-8,10,13H,5H2,1-4H3. The molecule has 1 aromatic rings. The van der Waals surface area contributed by atoms with Crippen molar-refractivity contribution in [1.29, 1.82) is 0 Å². The van der Waals surface area contributed by atoms with Gasteiger partial charge in [0.2, 0.25) is 0 Å². The summed E-state index contributed by atoms with van der Waals surface area (Å²) in [7, 11) is 0. The van der Waals surface area contributed by atoms with Crippen LogP contribution >= 0.6 is 11.3 Å². The summed E-state index contributed by atoms with van der Waals surface area (Å²) >= 11 is 1.57. The first-order valence-corrected chi connectivity index (χ1v) is 6.23. The molecule has 84 valence electrons. The lowest BCUT2D eigenvalue weighted by Crippen LogP contribution is -2.39. The van der Waals surface area contributed by atoms with Gasteiger partial charge in [0.05, 0.1) is 10.9 Å². The van der Waals surface area contributed by atoms with Crippen LogP contribution < -0.4 is 5.32 Å². The Hall–Kier alpha value is -0.670. The molecular weight excluding hydrogens is 206 g/mol. The summed E-state index contributed by atoms with van der Waals surface area (Å²) < 4.78 is 0. The largest absolute Gasteiger partial charge is 0.305 e. The second-order valence-electron chi connectivity index (χ2n) is 3.97. The van der Waals surface area contributed by atoms with E-state index in [1.54, 1.807) is 11.3 Å². The van der Waals surface area contributed by atoms with Gasteiger partial charge >= 0.3 is 0 Å². The Morgan fingerprint density at radius 2 is 2.13 bits per heavy atom. The van der Waals surface area contributed by atoms with Crippen molar-refractivity contribution in [2.45, 2.75) is 46.2 Å². The van der Waals surface area contributed by atoms with Crippen molar-refractivity contribution in [3.05, 3.63) is 21.9 Å². The molecule has 1 aromatic heterocycles. The van der Waals surface area contributed by atoms with Gasteiger partial charge in [-0.25, -0.2) is 0 Å². The first-order valence-electron chi connectivity index (χ1n) is 5.41. The van der Waals surface area contributed by atoms with Crippen molar-refractivity contribution in [2.75, 3.05) is 0 Å². The van der Waals surface area contributed by atoms with Crippen LogP contribution in [0.4, 0.5) is 0 Å². The molecule has 2 unspecified atom stereocenters. The van der Waals surface area contributed by atoms with Crippen LogP contribution in [-0.4, -0.2) is 17.9 Å². The van der Waals surface area contributed by atoms with Gasteiger partial charge in [0.1, 0.15) is 0 Å². The van der Waals surface area contributed by atoms with Gasteiger partial charge in [-0.3, -0.25) is 4.79 Å². The summed E-state index contributed by atoms with van der Waals surface area (Å²) in [4.78, 5) is 14.0. The molecule has 1 rings (SSSR count). The highest BCUT2D eigenvalue weighted by Gasteiger charge is 2.17. The lowest BCUT2D eigenvalue weighted by molar-refractivity contribution is 0.0949. The first-order chi connectivity index (χ1) is 7.04. The molecule has 0 spiro atoms. The van der Waals surface area contributed by atoms with Gasteiger partial charge in [-0.15, -0.1) is 11.3 Å². The molecule has 0 aliphatic rings. The normalized spacial score (nSPS) is 14.9. The van der Waals surface area contributed by atoms with E-state index in [-0.39, 0.29) is 11.8 Å². The summed E-state index contributed by atoms with van der Waals surface area (Å²) in [5.41, 5.74) is 0. The molecule has 0 fully saturated rings. The Morgan fingerprint density at radius 1 is 1.47 bits per heavy atom. The Labute approximate surface area is 95.7 Å². The average molecular weight is 225 g/mol. The van der Waals surface area contributed by atoms with E-state index < -0.39 is 0 Å². The minimum atomic E-state index is -0.0852. The fourth-order valence-electron chi connectivity index (χ4n) is 1.40. The second-order valence-corrected chi connectivity index (χ2v) is 5.26. The number of hydrogen-bond acceptors (Lipinski definition) is 3. The van der Waals surface area contributed by atoms with Crippen LogP contribution in [0.1, 0.15) is 41.7 Å². The fraction of sp³-hybridized carbons (Fsp3) is 0.583. The third-order valence-electron chi connectivity index (χ3n) is 2.52. The average Bonchev–Trinajstić information content (AvgIpc) is 2.63. The highest BCUT2D eigenvalue weighted by molar-refractivity contribution is 7.14. The Morgan fingerprint density at radius 3 is 2.60 bits per heavy atom. The van der Waals surface area contributed by atoms with E-state index in [2.05, 4.69) is 19.2 Å². The van der Waals surface area contributed by atoms with Crippen molar-refractivity contribution in [3.8, 4) is 0 Å². The van der Waals surface area contributed by atoms with Crippen molar-refractivity contribution in [1.82, 2.24) is 5.32 Å². The zero-order valence-corrected chi connectivity index (χ0v) is 10.6. The van der Waals surface area contributed by atoms with Crippen LogP contribution in [0.25, 0.3) is 0 Å². The van der Waals surface area contributed by atoms with E-state index in [1.807, 2.05) is 26.0 Å². The molecule has 2 nitrogen and oxygen atoms in total. The van der Waals surface area contributed by atoms with E-state index in [9.17, 15) is 4.79 Å². The zero-order valence-electron chi connectivity index (χ0n) is 9.83. The number of thiophene rings is 1. The van der Waals surface area contributed by atoms with Gasteiger partial charge in [0.15, 0.2) is 5.78 Å². The lowest BCUT2D eigenvalue weighted by atomic mass is 10.1. The third-order valence-corrected chi connectivity index (χ3v) is 3.54. The number of ketones is 1. The molecule has 0 amide bonds. The fourth-order valence-corrected chi connectivity index (χ4v) is 2.30. The van der Waals surface area contributed by atoms with Gasteiger partial charge in [-0.2, -0.15) is 0 Å². The monoisotopic (exact) mass is 225 g/mol. The summed E-state index contributed by atoms with van der Waals surface area (Å²) in [6, 6.07) is 4.22. The summed E-state index contributed by atoms with van der Waals surface area (Å²) in [6.07, 6.45) is 1.04. The maximum Gasteiger partial charge on any atom is 0.189 e. The first kappa shape index (κ1) is 12.4. The zero-order chi connectivity index (χ0) is 11.4. The second kappa shape index (κ2) is 5.42. The maximum absolute atomic E-state index is 12.0. The Bertz CT molecular complexity index is 332. The molecule has 15 heavy (non-hydrogen) atoms. The van der Waals surface area contributed by atoms with Gasteiger partial charge in [-0.1, -0.05) is 6.92 Å². The number of rotatable bonds is 5. The van der Waals surface area contributed by atoms with E-state index in [0.29, 0.717) is 6.04 Å². The number of Topliss-reactive ketones (excluding diaryl/α,β-unsaturated/α-hetero) is 1. The van der Waals surface area contributed by atoms with Crippen LogP contribution in [0.2, 0.25) is 0 Å². The lowest BCUT2D eigenvalue weighted by Gasteiger charge is -2.16. The van der Waals surface area contributed by atoms with Crippen LogP contribution in [0, 0.1) is 6.92 Å². The molecule has 3 heteroatoms. The van der Waals surface area contributed by atoms with Crippen LogP contribution in [0.15, 0.2) is 12.1 Å². The summed E-state index contributed by atoms with van der Waals surface area (Å²) in [5, 5.41) is 3.29. The molecule has 2 atom stereocenters. The van der Waals surface area contributed by atoms with Crippen molar-refractivity contribution in [3.63, 3.8) is 0 Å². The number of nitrogens with one attached hydrogen (secondary N) is 1. The van der Waals surface area contributed by atoms with E-state index in [4.69, 9.17) is 0 Å².